The van der Waals surface area contributed by atoms with Gasteiger partial charge in [0.25, 0.3) is 0 Å². The zero-order valence-corrected chi connectivity index (χ0v) is 11.8. The van der Waals surface area contributed by atoms with Crippen LogP contribution in [0.3, 0.4) is 0 Å². The lowest BCUT2D eigenvalue weighted by atomic mass is 9.96. The van der Waals surface area contributed by atoms with Crippen LogP contribution in [-0.2, 0) is 11.2 Å². The monoisotopic (exact) mass is 271 g/mol. The Kier molecular flexibility index (Phi) is 5.94. The zero-order chi connectivity index (χ0) is 15.1. The quantitative estimate of drug-likeness (QED) is 0.747. The molecule has 0 spiro atoms. The summed E-state index contributed by atoms with van der Waals surface area (Å²) < 4.78 is 0. The molecule has 0 aliphatic rings. The summed E-state index contributed by atoms with van der Waals surface area (Å²) in [7, 11) is 0. The maximum Gasteiger partial charge on any atom is 0.305 e. The Morgan fingerprint density at radius 1 is 1.50 bits per heavy atom. The van der Waals surface area contributed by atoms with Crippen LogP contribution in [0.4, 0.5) is 0 Å². The highest BCUT2D eigenvalue weighted by Crippen LogP contribution is 2.20. The molecular formula is C17H21NO2. The van der Waals surface area contributed by atoms with Crippen molar-refractivity contribution in [1.82, 2.24) is 0 Å². The van der Waals surface area contributed by atoms with E-state index in [2.05, 4.69) is 13.2 Å². The van der Waals surface area contributed by atoms with Gasteiger partial charge in [-0.1, -0.05) is 55.1 Å². The van der Waals surface area contributed by atoms with Gasteiger partial charge in [-0.05, 0) is 30.0 Å². The molecule has 3 heteroatoms. The van der Waals surface area contributed by atoms with Gasteiger partial charge in [-0.3, -0.25) is 4.79 Å². The second kappa shape index (κ2) is 7.46. The molecule has 0 heterocycles. The van der Waals surface area contributed by atoms with E-state index >= 15 is 0 Å². The van der Waals surface area contributed by atoms with Gasteiger partial charge in [0.1, 0.15) is 0 Å². The lowest BCUT2D eigenvalue weighted by Gasteiger charge is -2.12. The fraction of sp³-hybridized carbons (Fsp3) is 0.235. The van der Waals surface area contributed by atoms with Crippen molar-refractivity contribution in [3.05, 3.63) is 71.8 Å². The van der Waals surface area contributed by atoms with Gasteiger partial charge in [-0.15, -0.1) is 0 Å². The normalized spacial score (nSPS) is 12.8. The first-order valence-corrected chi connectivity index (χ1v) is 6.47. The van der Waals surface area contributed by atoms with Crippen molar-refractivity contribution >= 4 is 5.97 Å². The number of benzene rings is 1. The van der Waals surface area contributed by atoms with Crippen molar-refractivity contribution in [2.75, 3.05) is 0 Å². The van der Waals surface area contributed by atoms with Crippen molar-refractivity contribution in [2.45, 2.75) is 25.8 Å². The standard InChI is InChI=1S/C17H21NO2/c1-4-6-14(12(2)3)9-13-7-5-8-15(10-13)16(18)11-17(19)20/h4-8,10,16H,1-2,9,11,18H2,3H3,(H,19,20)/b14-6-. The van der Waals surface area contributed by atoms with Crippen LogP contribution in [0.15, 0.2) is 60.7 Å². The van der Waals surface area contributed by atoms with Gasteiger partial charge < -0.3 is 10.8 Å². The predicted octanol–water partition coefficient (Wildman–Crippen LogP) is 3.39. The number of hydrogen-bond donors (Lipinski definition) is 2. The largest absolute Gasteiger partial charge is 0.481 e. The van der Waals surface area contributed by atoms with Gasteiger partial charge in [0, 0.05) is 6.04 Å². The molecule has 0 saturated heterocycles. The Bertz CT molecular complexity index is 544. The van der Waals surface area contributed by atoms with Crippen LogP contribution in [-0.4, -0.2) is 11.1 Å². The molecular weight excluding hydrogens is 250 g/mol. The van der Waals surface area contributed by atoms with E-state index in [-0.39, 0.29) is 6.42 Å². The van der Waals surface area contributed by atoms with Gasteiger partial charge in [0.15, 0.2) is 0 Å². The molecule has 0 fully saturated rings. The maximum absolute atomic E-state index is 10.7. The molecule has 0 aromatic heterocycles. The molecule has 20 heavy (non-hydrogen) atoms. The van der Waals surface area contributed by atoms with Gasteiger partial charge in [-0.2, -0.15) is 0 Å². The average molecular weight is 271 g/mol. The third-order valence-corrected chi connectivity index (χ3v) is 3.04. The second-order valence-electron chi connectivity index (χ2n) is 4.83. The number of carbonyl (C=O) groups is 1. The number of aliphatic carboxylic acids is 1. The van der Waals surface area contributed by atoms with Gasteiger partial charge >= 0.3 is 5.97 Å². The van der Waals surface area contributed by atoms with Crippen molar-refractivity contribution in [1.29, 1.82) is 0 Å². The number of nitrogens with two attached hydrogens (primary N) is 1. The Labute approximate surface area is 120 Å². The molecule has 1 aromatic rings. The fourth-order valence-electron chi connectivity index (χ4n) is 1.95. The van der Waals surface area contributed by atoms with Gasteiger partial charge in [0.2, 0.25) is 0 Å². The Hall–Kier alpha value is -2.13. The smallest absolute Gasteiger partial charge is 0.305 e. The van der Waals surface area contributed by atoms with Crippen LogP contribution < -0.4 is 5.73 Å². The van der Waals surface area contributed by atoms with Crippen LogP contribution >= 0.6 is 0 Å². The second-order valence-corrected chi connectivity index (χ2v) is 4.83. The van der Waals surface area contributed by atoms with Crippen molar-refractivity contribution < 1.29 is 9.90 Å². The van der Waals surface area contributed by atoms with Crippen LogP contribution in [0, 0.1) is 0 Å². The first-order valence-electron chi connectivity index (χ1n) is 6.47. The molecule has 0 aliphatic heterocycles. The minimum absolute atomic E-state index is 0.0701. The molecule has 1 rings (SSSR count). The van der Waals surface area contributed by atoms with Gasteiger partial charge in [-0.25, -0.2) is 0 Å². The Balaban J connectivity index is 2.93. The lowest BCUT2D eigenvalue weighted by molar-refractivity contribution is -0.137. The highest BCUT2D eigenvalue weighted by atomic mass is 16.4. The summed E-state index contributed by atoms with van der Waals surface area (Å²) in [4.78, 5) is 10.7. The van der Waals surface area contributed by atoms with Gasteiger partial charge in [0.05, 0.1) is 6.42 Å². The fourth-order valence-corrected chi connectivity index (χ4v) is 1.95. The molecule has 3 N–H and O–H groups in total. The topological polar surface area (TPSA) is 63.3 Å². The Morgan fingerprint density at radius 3 is 2.75 bits per heavy atom. The summed E-state index contributed by atoms with van der Waals surface area (Å²) in [6.45, 7) is 9.60. The number of allylic oxidation sites excluding steroid dienone is 4. The van der Waals surface area contributed by atoms with E-state index in [4.69, 9.17) is 10.8 Å². The first kappa shape index (κ1) is 15.9. The van der Waals surface area contributed by atoms with Crippen LogP contribution in [0.1, 0.15) is 30.5 Å². The summed E-state index contributed by atoms with van der Waals surface area (Å²) in [6, 6.07) is 7.22. The van der Waals surface area contributed by atoms with E-state index in [1.54, 1.807) is 6.08 Å². The number of carboxylic acid groups (broad SMARTS) is 1. The van der Waals surface area contributed by atoms with Crippen molar-refractivity contribution in [3.63, 3.8) is 0 Å². The van der Waals surface area contributed by atoms with E-state index in [1.165, 1.54) is 0 Å². The first-order chi connectivity index (χ1) is 9.43. The summed E-state index contributed by atoms with van der Waals surface area (Å²) in [6.07, 6.45) is 4.34. The van der Waals surface area contributed by atoms with Crippen LogP contribution in [0.2, 0.25) is 0 Å². The van der Waals surface area contributed by atoms with Crippen LogP contribution in [0.5, 0.6) is 0 Å². The third kappa shape index (κ3) is 4.86. The molecule has 0 radical (unpaired) electrons. The lowest BCUT2D eigenvalue weighted by Crippen LogP contribution is -2.15. The average Bonchev–Trinajstić information content (AvgIpc) is 2.37. The number of carboxylic acids is 1. The van der Waals surface area contributed by atoms with E-state index in [0.717, 1.165) is 28.7 Å². The van der Waals surface area contributed by atoms with Crippen molar-refractivity contribution in [2.24, 2.45) is 5.73 Å². The predicted molar refractivity (Wildman–Crippen MR) is 82.4 cm³/mol. The summed E-state index contributed by atoms with van der Waals surface area (Å²) in [5, 5.41) is 8.79. The zero-order valence-electron chi connectivity index (χ0n) is 11.8. The number of hydrogen-bond acceptors (Lipinski definition) is 2. The summed E-state index contributed by atoms with van der Waals surface area (Å²) in [5.41, 5.74) is 9.90. The third-order valence-electron chi connectivity index (χ3n) is 3.04. The molecule has 106 valence electrons. The van der Waals surface area contributed by atoms with E-state index in [0.29, 0.717) is 0 Å². The van der Waals surface area contributed by atoms with E-state index in [1.807, 2.05) is 37.3 Å². The Morgan fingerprint density at radius 2 is 2.20 bits per heavy atom. The molecule has 3 nitrogen and oxygen atoms in total. The minimum Gasteiger partial charge on any atom is -0.481 e. The molecule has 1 atom stereocenters. The molecule has 0 saturated carbocycles. The maximum atomic E-state index is 10.7. The van der Waals surface area contributed by atoms with E-state index in [9.17, 15) is 4.79 Å². The highest BCUT2D eigenvalue weighted by molar-refractivity contribution is 5.67. The van der Waals surface area contributed by atoms with E-state index < -0.39 is 12.0 Å². The van der Waals surface area contributed by atoms with Crippen LogP contribution in [0.25, 0.3) is 0 Å². The molecule has 0 bridgehead atoms. The minimum atomic E-state index is -0.892. The molecule has 1 unspecified atom stereocenters. The molecule has 0 amide bonds. The molecule has 1 aromatic carbocycles. The number of rotatable bonds is 7. The molecule has 0 aliphatic carbocycles. The summed E-state index contributed by atoms with van der Waals surface area (Å²) in [5.74, 6) is -0.892. The summed E-state index contributed by atoms with van der Waals surface area (Å²) >= 11 is 0. The SMILES string of the molecule is C=C/C=C(/Cc1cccc(C(N)CC(=O)O)c1)C(=C)C. The highest BCUT2D eigenvalue weighted by Gasteiger charge is 2.11. The van der Waals surface area contributed by atoms with Crippen molar-refractivity contribution in [3.8, 4) is 0 Å².